The summed E-state index contributed by atoms with van der Waals surface area (Å²) in [7, 11) is 0. The van der Waals surface area contributed by atoms with Gasteiger partial charge in [-0.1, -0.05) is 165 Å². The molecule has 2 heterocycles. The van der Waals surface area contributed by atoms with Gasteiger partial charge in [0.15, 0.2) is 0 Å². The maximum absolute atomic E-state index is 2.77. The van der Waals surface area contributed by atoms with Gasteiger partial charge >= 0.3 is 0 Å². The van der Waals surface area contributed by atoms with Crippen molar-refractivity contribution >= 4 is 74.3 Å². The number of anilines is 9. The maximum Gasteiger partial charge on any atom is 0.252 e. The van der Waals surface area contributed by atoms with Crippen molar-refractivity contribution < 1.29 is 0 Å². The molecule has 0 N–H and O–H groups in total. The summed E-state index contributed by atoms with van der Waals surface area (Å²) in [6, 6.07) is 50.2. The molecule has 0 amide bonds. The Morgan fingerprint density at radius 3 is 1.43 bits per heavy atom. The molecule has 75 heavy (non-hydrogen) atoms. The molecule has 4 heteroatoms. The molecule has 0 saturated heterocycles. The van der Waals surface area contributed by atoms with Gasteiger partial charge in [0, 0.05) is 51.2 Å². The zero-order chi connectivity index (χ0) is 53.3. The molecule has 0 saturated carbocycles. The highest BCUT2D eigenvalue weighted by atomic mass is 15.2. The van der Waals surface area contributed by atoms with E-state index >= 15 is 0 Å². The monoisotopic (exact) mass is 988 g/mol. The molecule has 0 aromatic heterocycles. The van der Waals surface area contributed by atoms with Crippen LogP contribution in [0.1, 0.15) is 186 Å². The summed E-state index contributed by atoms with van der Waals surface area (Å²) in [6.45, 7) is 41.9. The lowest BCUT2D eigenvalue weighted by molar-refractivity contribution is 0.331. The van der Waals surface area contributed by atoms with E-state index in [2.05, 4.69) is 260 Å². The molecule has 12 rings (SSSR count). The second-order valence-electron chi connectivity index (χ2n) is 28.8. The van der Waals surface area contributed by atoms with E-state index in [0.29, 0.717) is 0 Å². The van der Waals surface area contributed by atoms with Crippen LogP contribution in [-0.2, 0) is 37.9 Å². The predicted molar refractivity (Wildman–Crippen MR) is 325 cm³/mol. The van der Waals surface area contributed by atoms with Crippen LogP contribution in [0.4, 0.5) is 51.2 Å². The zero-order valence-corrected chi connectivity index (χ0v) is 48.6. The van der Waals surface area contributed by atoms with Crippen LogP contribution in [0.5, 0.6) is 0 Å². The van der Waals surface area contributed by atoms with Crippen LogP contribution in [0.2, 0.25) is 0 Å². The van der Waals surface area contributed by atoms with Gasteiger partial charge < -0.3 is 14.7 Å². The average molecular weight is 988 g/mol. The molecule has 0 unspecified atom stereocenters. The zero-order valence-electron chi connectivity index (χ0n) is 48.6. The minimum atomic E-state index is -0.143. The third-order valence-electron chi connectivity index (χ3n) is 19.6. The first-order valence-electron chi connectivity index (χ1n) is 28.4. The molecular formula is C71H82BN3. The first-order valence-corrected chi connectivity index (χ1v) is 28.4. The predicted octanol–water partition coefficient (Wildman–Crippen LogP) is 17.8. The van der Waals surface area contributed by atoms with Gasteiger partial charge in [-0.25, -0.2) is 0 Å². The van der Waals surface area contributed by atoms with Crippen LogP contribution in [0.25, 0.3) is 0 Å². The van der Waals surface area contributed by atoms with Crippen molar-refractivity contribution in [1.82, 2.24) is 0 Å². The highest BCUT2D eigenvalue weighted by Crippen LogP contribution is 2.57. The van der Waals surface area contributed by atoms with E-state index in [-0.39, 0.29) is 44.6 Å². The van der Waals surface area contributed by atoms with Gasteiger partial charge in [0.05, 0.1) is 0 Å². The molecular weight excluding hydrogens is 906 g/mol. The Balaban J connectivity index is 1.23. The summed E-state index contributed by atoms with van der Waals surface area (Å²) in [5, 5.41) is 0. The van der Waals surface area contributed by atoms with Gasteiger partial charge in [-0.2, -0.15) is 0 Å². The van der Waals surface area contributed by atoms with Crippen LogP contribution in [0, 0.1) is 13.8 Å². The van der Waals surface area contributed by atoms with Crippen LogP contribution in [-0.4, -0.2) is 6.71 Å². The quantitative estimate of drug-likeness (QED) is 0.159. The number of para-hydroxylation sites is 2. The molecule has 0 bridgehead atoms. The summed E-state index contributed by atoms with van der Waals surface area (Å²) < 4.78 is 0. The standard InChI is InChI=1S/C71H82BN3/c1-44-36-51-53(68(10,11)34-32-66(51,6)7)41-58(44)75-60-42-54-52(67(8,9)33-35-69(54,12)13)40-56(60)72-55-30-28-49(73(47-24-20-18-21-25-47)48-26-22-19-23-27-48)39-59(55)74(61-37-46(65(3,4)5)38-62(75)64(61)72)57-31-29-50-63(45(57)2)71(16,17)43-70(50,14)15/h18-31,36-42H,32-35,43H2,1-17H3. The van der Waals surface area contributed by atoms with Crippen molar-refractivity contribution in [2.24, 2.45) is 0 Å². The SMILES string of the molecule is Cc1cc2c(cc1N1c3cc4c(cc3B3c5ccc(N(c6ccccc6)c6ccccc6)cc5N(c5ccc6c(c5C)C(C)(C)CC6(C)C)c5cc(C(C)(C)C)cc1c53)C(C)(C)CCC4(C)C)C(C)(C)CCC2(C)C. The third kappa shape index (κ3) is 7.56. The summed E-state index contributed by atoms with van der Waals surface area (Å²) in [5.74, 6) is 0. The van der Waals surface area contributed by atoms with Crippen LogP contribution in [0.3, 0.4) is 0 Å². The lowest BCUT2D eigenvalue weighted by atomic mass is 9.33. The normalized spacial score (nSPS) is 19.6. The largest absolute Gasteiger partial charge is 0.311 e. The minimum Gasteiger partial charge on any atom is -0.311 e. The Morgan fingerprint density at radius 2 is 0.893 bits per heavy atom. The van der Waals surface area contributed by atoms with Gasteiger partial charge in [-0.15, -0.1) is 0 Å². The number of hydrogen-bond donors (Lipinski definition) is 0. The van der Waals surface area contributed by atoms with E-state index in [1.54, 1.807) is 0 Å². The van der Waals surface area contributed by atoms with Crippen LogP contribution >= 0.6 is 0 Å². The lowest BCUT2D eigenvalue weighted by Crippen LogP contribution is -2.62. The number of nitrogens with zero attached hydrogens (tertiary/aromatic N) is 3. The topological polar surface area (TPSA) is 9.72 Å². The van der Waals surface area contributed by atoms with Crippen LogP contribution < -0.4 is 31.1 Å². The number of hydrogen-bond acceptors (Lipinski definition) is 3. The van der Waals surface area contributed by atoms with Crippen molar-refractivity contribution in [3.63, 3.8) is 0 Å². The molecule has 0 radical (unpaired) electrons. The molecule has 7 aromatic carbocycles. The van der Waals surface area contributed by atoms with Crippen molar-refractivity contribution in [1.29, 1.82) is 0 Å². The van der Waals surface area contributed by atoms with Gasteiger partial charge in [-0.05, 0) is 217 Å². The molecule has 7 aromatic rings. The van der Waals surface area contributed by atoms with Gasteiger partial charge in [0.25, 0.3) is 6.71 Å². The first-order chi connectivity index (χ1) is 35.1. The van der Waals surface area contributed by atoms with Gasteiger partial charge in [0.1, 0.15) is 0 Å². The van der Waals surface area contributed by atoms with E-state index < -0.39 is 0 Å². The first kappa shape index (κ1) is 49.9. The van der Waals surface area contributed by atoms with E-state index in [1.165, 1.54) is 126 Å². The van der Waals surface area contributed by atoms with Crippen molar-refractivity contribution in [2.75, 3.05) is 14.7 Å². The summed E-state index contributed by atoms with van der Waals surface area (Å²) in [6.07, 6.45) is 5.82. The number of aryl methyl sites for hydroxylation is 1. The molecule has 5 aliphatic rings. The fraction of sp³-hybridized carbons (Fsp3) is 0.408. The molecule has 2 aliphatic heterocycles. The van der Waals surface area contributed by atoms with E-state index in [0.717, 1.165) is 23.5 Å². The highest BCUT2D eigenvalue weighted by Gasteiger charge is 2.50. The molecule has 0 spiro atoms. The Hall–Kier alpha value is -6.00. The molecule has 3 aliphatic carbocycles. The summed E-state index contributed by atoms with van der Waals surface area (Å²) in [4.78, 5) is 7.95. The fourth-order valence-corrected chi connectivity index (χ4v) is 15.4. The van der Waals surface area contributed by atoms with Crippen LogP contribution in [0.15, 0.2) is 127 Å². The summed E-state index contributed by atoms with van der Waals surface area (Å²) in [5.41, 5.74) is 28.7. The van der Waals surface area contributed by atoms with E-state index in [9.17, 15) is 0 Å². The second kappa shape index (κ2) is 16.3. The average Bonchev–Trinajstić information content (AvgIpc) is 3.59. The lowest BCUT2D eigenvalue weighted by Gasteiger charge is -2.49. The minimum absolute atomic E-state index is 0.0120. The maximum atomic E-state index is 2.77. The Kier molecular flexibility index (Phi) is 10.8. The van der Waals surface area contributed by atoms with Crippen molar-refractivity contribution in [3.8, 4) is 0 Å². The number of fused-ring (bicyclic) bond motifs is 7. The molecule has 384 valence electrons. The van der Waals surface area contributed by atoms with E-state index in [4.69, 9.17) is 0 Å². The molecule has 0 atom stereocenters. The Labute approximate surface area is 451 Å². The van der Waals surface area contributed by atoms with Gasteiger partial charge in [-0.3, -0.25) is 0 Å². The second-order valence-corrected chi connectivity index (χ2v) is 28.8. The number of benzene rings is 7. The molecule has 0 fully saturated rings. The van der Waals surface area contributed by atoms with E-state index in [1.807, 2.05) is 0 Å². The van der Waals surface area contributed by atoms with Crippen molar-refractivity contribution in [2.45, 2.75) is 188 Å². The Morgan fingerprint density at radius 1 is 0.413 bits per heavy atom. The highest BCUT2D eigenvalue weighted by molar-refractivity contribution is 7.00. The third-order valence-corrected chi connectivity index (χ3v) is 19.6. The number of rotatable bonds is 5. The Bertz CT molecular complexity index is 3450. The van der Waals surface area contributed by atoms with Gasteiger partial charge in [0.2, 0.25) is 0 Å². The smallest absolute Gasteiger partial charge is 0.252 e. The fourth-order valence-electron chi connectivity index (χ4n) is 15.4. The molecule has 3 nitrogen and oxygen atoms in total. The summed E-state index contributed by atoms with van der Waals surface area (Å²) >= 11 is 0. The van der Waals surface area contributed by atoms with Crippen molar-refractivity contribution in [3.05, 3.63) is 177 Å².